The van der Waals surface area contributed by atoms with E-state index in [2.05, 4.69) is 24.6 Å². The molecule has 7 heteroatoms. The lowest BCUT2D eigenvalue weighted by molar-refractivity contribution is 0.206. The molecule has 0 saturated heterocycles. The van der Waals surface area contributed by atoms with Crippen molar-refractivity contribution < 1.29 is 8.94 Å². The van der Waals surface area contributed by atoms with E-state index in [9.17, 15) is 0 Å². The Bertz CT molecular complexity index is 816. The average Bonchev–Trinajstić information content (AvgIpc) is 2.99. The van der Waals surface area contributed by atoms with Crippen LogP contribution in [0.4, 0.5) is 0 Å². The number of nitrogens with zero attached hydrogens (tertiary/aromatic N) is 5. The summed E-state index contributed by atoms with van der Waals surface area (Å²) in [7, 11) is 0. The first-order valence-electron chi connectivity index (χ1n) is 8.00. The maximum absolute atomic E-state index is 5.34. The number of hydrogen-bond acceptors (Lipinski definition) is 6. The standard InChI is InChI=1S/C16H17N5O2/c1-2-14(22-7-1)16-18-15(23-19-16)9-20-6-5-13-12(8-20)17-10-21(13)11-3-4-11/h1-2,7,10-11H,3-6,8-9H2. The molecule has 0 amide bonds. The summed E-state index contributed by atoms with van der Waals surface area (Å²) in [5.74, 6) is 1.74. The number of aromatic nitrogens is 4. The van der Waals surface area contributed by atoms with Gasteiger partial charge >= 0.3 is 0 Å². The van der Waals surface area contributed by atoms with Gasteiger partial charge in [0.25, 0.3) is 0 Å². The van der Waals surface area contributed by atoms with E-state index in [1.54, 1.807) is 6.26 Å². The Labute approximate surface area is 132 Å². The minimum atomic E-state index is 0.501. The molecule has 5 rings (SSSR count). The molecule has 0 N–H and O–H groups in total. The fraction of sp³-hybridized carbons (Fsp3) is 0.438. The second kappa shape index (κ2) is 5.06. The number of fused-ring (bicyclic) bond motifs is 1. The maximum atomic E-state index is 5.34. The van der Waals surface area contributed by atoms with Gasteiger partial charge in [0.2, 0.25) is 11.7 Å². The largest absolute Gasteiger partial charge is 0.461 e. The van der Waals surface area contributed by atoms with Crippen molar-refractivity contribution in [2.24, 2.45) is 0 Å². The third-order valence-corrected chi connectivity index (χ3v) is 4.53. The Morgan fingerprint density at radius 1 is 1.30 bits per heavy atom. The van der Waals surface area contributed by atoms with Crippen LogP contribution in [-0.2, 0) is 19.5 Å². The molecule has 0 bridgehead atoms. The first kappa shape index (κ1) is 13.1. The second-order valence-electron chi connectivity index (χ2n) is 6.23. The Morgan fingerprint density at radius 2 is 2.26 bits per heavy atom. The van der Waals surface area contributed by atoms with Crippen LogP contribution in [-0.4, -0.2) is 31.1 Å². The van der Waals surface area contributed by atoms with Crippen molar-refractivity contribution in [3.05, 3.63) is 42.0 Å². The van der Waals surface area contributed by atoms with E-state index in [1.165, 1.54) is 24.2 Å². The fourth-order valence-electron chi connectivity index (χ4n) is 3.20. The third-order valence-electron chi connectivity index (χ3n) is 4.53. The first-order chi connectivity index (χ1) is 11.4. The SMILES string of the molecule is c1coc(-c2noc(CN3CCc4c(ncn4C4CC4)C3)n2)c1. The molecule has 3 aromatic rings. The van der Waals surface area contributed by atoms with E-state index < -0.39 is 0 Å². The molecule has 0 spiro atoms. The lowest BCUT2D eigenvalue weighted by Gasteiger charge is -2.25. The summed E-state index contributed by atoms with van der Waals surface area (Å²) < 4.78 is 13.0. The number of rotatable bonds is 4. The molecule has 3 aromatic heterocycles. The second-order valence-corrected chi connectivity index (χ2v) is 6.23. The lowest BCUT2D eigenvalue weighted by atomic mass is 10.1. The molecular weight excluding hydrogens is 294 g/mol. The Hall–Kier alpha value is -2.41. The zero-order valence-corrected chi connectivity index (χ0v) is 12.7. The van der Waals surface area contributed by atoms with E-state index in [-0.39, 0.29) is 0 Å². The van der Waals surface area contributed by atoms with Crippen LogP contribution >= 0.6 is 0 Å². The predicted octanol–water partition coefficient (Wildman–Crippen LogP) is 2.42. The van der Waals surface area contributed by atoms with E-state index in [1.807, 2.05) is 18.5 Å². The molecule has 1 aliphatic heterocycles. The molecule has 0 radical (unpaired) electrons. The van der Waals surface area contributed by atoms with Gasteiger partial charge in [-0.1, -0.05) is 5.16 Å². The molecule has 0 atom stereocenters. The van der Waals surface area contributed by atoms with Crippen LogP contribution < -0.4 is 0 Å². The molecule has 1 fully saturated rings. The van der Waals surface area contributed by atoms with Gasteiger partial charge in [-0.2, -0.15) is 4.98 Å². The van der Waals surface area contributed by atoms with Crippen molar-refractivity contribution >= 4 is 0 Å². The Kier molecular flexibility index (Phi) is 2.87. The quantitative estimate of drug-likeness (QED) is 0.737. The zero-order chi connectivity index (χ0) is 15.2. The smallest absolute Gasteiger partial charge is 0.241 e. The molecule has 23 heavy (non-hydrogen) atoms. The summed E-state index contributed by atoms with van der Waals surface area (Å²) >= 11 is 0. The number of furan rings is 1. The molecular formula is C16H17N5O2. The van der Waals surface area contributed by atoms with Crippen molar-refractivity contribution in [3.63, 3.8) is 0 Å². The molecule has 2 aliphatic rings. The zero-order valence-electron chi connectivity index (χ0n) is 12.7. The Morgan fingerprint density at radius 3 is 3.09 bits per heavy atom. The van der Waals surface area contributed by atoms with Gasteiger partial charge in [-0.3, -0.25) is 4.90 Å². The van der Waals surface area contributed by atoms with Gasteiger partial charge in [0.15, 0.2) is 5.76 Å². The molecule has 1 aliphatic carbocycles. The van der Waals surface area contributed by atoms with Crippen LogP contribution in [0.5, 0.6) is 0 Å². The number of hydrogen-bond donors (Lipinski definition) is 0. The van der Waals surface area contributed by atoms with Gasteiger partial charge in [-0.15, -0.1) is 0 Å². The minimum absolute atomic E-state index is 0.501. The molecule has 0 unspecified atom stereocenters. The molecule has 1 saturated carbocycles. The highest BCUT2D eigenvalue weighted by Crippen LogP contribution is 2.37. The van der Waals surface area contributed by atoms with Gasteiger partial charge in [0.05, 0.1) is 24.8 Å². The van der Waals surface area contributed by atoms with E-state index in [4.69, 9.17) is 8.94 Å². The summed E-state index contributed by atoms with van der Waals surface area (Å²) in [6.45, 7) is 2.47. The fourth-order valence-corrected chi connectivity index (χ4v) is 3.20. The third kappa shape index (κ3) is 2.37. The monoisotopic (exact) mass is 311 g/mol. The van der Waals surface area contributed by atoms with Gasteiger partial charge in [0, 0.05) is 31.2 Å². The van der Waals surface area contributed by atoms with Crippen LogP contribution in [0.3, 0.4) is 0 Å². The predicted molar refractivity (Wildman–Crippen MR) is 80.3 cm³/mol. The molecule has 0 aromatic carbocycles. The summed E-state index contributed by atoms with van der Waals surface area (Å²) in [4.78, 5) is 11.3. The summed E-state index contributed by atoms with van der Waals surface area (Å²) in [5.41, 5.74) is 2.60. The van der Waals surface area contributed by atoms with Crippen LogP contribution in [0, 0.1) is 0 Å². The van der Waals surface area contributed by atoms with Crippen LogP contribution in [0.2, 0.25) is 0 Å². The van der Waals surface area contributed by atoms with Crippen LogP contribution in [0.1, 0.15) is 36.2 Å². The maximum Gasteiger partial charge on any atom is 0.241 e. The lowest BCUT2D eigenvalue weighted by Crippen LogP contribution is -2.31. The van der Waals surface area contributed by atoms with Gasteiger partial charge in [-0.25, -0.2) is 4.98 Å². The minimum Gasteiger partial charge on any atom is -0.461 e. The highest BCUT2D eigenvalue weighted by atomic mass is 16.5. The van der Waals surface area contributed by atoms with Crippen molar-refractivity contribution in [2.75, 3.05) is 6.54 Å². The van der Waals surface area contributed by atoms with Gasteiger partial charge in [0.1, 0.15) is 0 Å². The van der Waals surface area contributed by atoms with Gasteiger partial charge < -0.3 is 13.5 Å². The Balaban J connectivity index is 1.30. The highest BCUT2D eigenvalue weighted by Gasteiger charge is 2.29. The van der Waals surface area contributed by atoms with E-state index >= 15 is 0 Å². The summed E-state index contributed by atoms with van der Waals surface area (Å²) in [6.07, 6.45) is 7.24. The van der Waals surface area contributed by atoms with Crippen molar-refractivity contribution in [1.29, 1.82) is 0 Å². The molecule has 4 heterocycles. The molecule has 118 valence electrons. The van der Waals surface area contributed by atoms with Crippen LogP contribution in [0.25, 0.3) is 11.6 Å². The average molecular weight is 311 g/mol. The van der Waals surface area contributed by atoms with Crippen LogP contribution in [0.15, 0.2) is 33.7 Å². The number of imidazole rings is 1. The first-order valence-corrected chi connectivity index (χ1v) is 8.00. The van der Waals surface area contributed by atoms with E-state index in [0.29, 0.717) is 30.1 Å². The summed E-state index contributed by atoms with van der Waals surface area (Å²) in [5, 5.41) is 3.98. The van der Waals surface area contributed by atoms with Gasteiger partial charge in [-0.05, 0) is 25.0 Å². The highest BCUT2D eigenvalue weighted by molar-refractivity contribution is 5.44. The van der Waals surface area contributed by atoms with Crippen molar-refractivity contribution in [2.45, 2.75) is 38.4 Å². The molecule has 7 nitrogen and oxygen atoms in total. The van der Waals surface area contributed by atoms with Crippen molar-refractivity contribution in [3.8, 4) is 11.6 Å². The van der Waals surface area contributed by atoms with Crippen molar-refractivity contribution in [1.82, 2.24) is 24.6 Å². The normalized spacial score (nSPS) is 18.3. The summed E-state index contributed by atoms with van der Waals surface area (Å²) in [6, 6.07) is 4.34. The van der Waals surface area contributed by atoms with E-state index in [0.717, 1.165) is 19.5 Å². The topological polar surface area (TPSA) is 73.1 Å².